The molecule has 10 heteroatoms. The van der Waals surface area contributed by atoms with E-state index in [4.69, 9.17) is 0 Å². The molecule has 1 fully saturated rings. The summed E-state index contributed by atoms with van der Waals surface area (Å²) in [5.74, 6) is -11.8. The lowest BCUT2D eigenvalue weighted by Crippen LogP contribution is -2.87. The standard InChI is InChI=1S/C5F9I/c6-1(5(12,13)14)2(7,8)3(9,10)4(1,11)15. The van der Waals surface area contributed by atoms with E-state index in [1.807, 2.05) is 0 Å². The quantitative estimate of drug-likeness (QED) is 0.353. The van der Waals surface area contributed by atoms with Crippen LogP contribution in [0.25, 0.3) is 0 Å². The molecule has 90 valence electrons. The van der Waals surface area contributed by atoms with Crippen molar-refractivity contribution in [2.75, 3.05) is 0 Å². The minimum absolute atomic E-state index is 0.292. The minimum Gasteiger partial charge on any atom is -0.222 e. The molecule has 2 atom stereocenters. The molecule has 0 saturated heterocycles. The van der Waals surface area contributed by atoms with Crippen molar-refractivity contribution in [1.82, 2.24) is 0 Å². The molecule has 0 bridgehead atoms. The van der Waals surface area contributed by atoms with E-state index in [1.54, 1.807) is 0 Å². The van der Waals surface area contributed by atoms with Crippen LogP contribution in [0.15, 0.2) is 0 Å². The SMILES string of the molecule is FC(F)(F)C1(F)C(F)(F)C(F)(F)C1(F)I. The van der Waals surface area contributed by atoms with Gasteiger partial charge in [0, 0.05) is 0 Å². The molecule has 1 saturated carbocycles. The molecule has 1 rings (SSSR count). The Labute approximate surface area is 89.9 Å². The van der Waals surface area contributed by atoms with Crippen molar-refractivity contribution < 1.29 is 39.5 Å². The zero-order chi connectivity index (χ0) is 12.5. The third kappa shape index (κ3) is 1.01. The molecule has 0 aromatic carbocycles. The first-order chi connectivity index (χ1) is 6.25. The van der Waals surface area contributed by atoms with Gasteiger partial charge in [-0.2, -0.15) is 30.7 Å². The summed E-state index contributed by atoms with van der Waals surface area (Å²) in [5, 5.41) is 0. The van der Waals surface area contributed by atoms with Gasteiger partial charge in [-0.15, -0.1) is 0 Å². The van der Waals surface area contributed by atoms with Gasteiger partial charge in [0.05, 0.1) is 0 Å². The van der Waals surface area contributed by atoms with E-state index in [0.29, 0.717) is 0 Å². The van der Waals surface area contributed by atoms with Crippen molar-refractivity contribution in [3.63, 3.8) is 0 Å². The Bertz CT molecular complexity index is 271. The van der Waals surface area contributed by atoms with Crippen molar-refractivity contribution in [3.05, 3.63) is 0 Å². The van der Waals surface area contributed by atoms with E-state index in [0.717, 1.165) is 0 Å². The van der Waals surface area contributed by atoms with Crippen LogP contribution in [0, 0.1) is 0 Å². The summed E-state index contributed by atoms with van der Waals surface area (Å²) in [6.45, 7) is 0. The second-order valence-corrected chi connectivity index (χ2v) is 4.37. The lowest BCUT2D eigenvalue weighted by atomic mass is 9.71. The summed E-state index contributed by atoms with van der Waals surface area (Å²) < 4.78 is 105. The summed E-state index contributed by atoms with van der Waals surface area (Å²) in [5.41, 5.74) is -5.88. The lowest BCUT2D eigenvalue weighted by molar-refractivity contribution is -0.461. The van der Waals surface area contributed by atoms with E-state index in [1.165, 1.54) is 0 Å². The van der Waals surface area contributed by atoms with Crippen LogP contribution in [0.4, 0.5) is 39.5 Å². The maximum Gasteiger partial charge on any atom is 0.433 e. The van der Waals surface area contributed by atoms with Gasteiger partial charge in [0.2, 0.25) is 0 Å². The second kappa shape index (κ2) is 2.67. The van der Waals surface area contributed by atoms with Gasteiger partial charge >= 0.3 is 23.7 Å². The molecule has 1 aliphatic carbocycles. The average molecular weight is 358 g/mol. The fraction of sp³-hybridized carbons (Fsp3) is 1.00. The highest BCUT2D eigenvalue weighted by atomic mass is 127. The molecule has 0 radical (unpaired) electrons. The van der Waals surface area contributed by atoms with Gasteiger partial charge in [0.1, 0.15) is 0 Å². The molecule has 0 N–H and O–H groups in total. The summed E-state index contributed by atoms with van der Waals surface area (Å²) in [7, 11) is 0. The predicted octanol–water partition coefficient (Wildman–Crippen LogP) is 3.64. The lowest BCUT2D eigenvalue weighted by Gasteiger charge is -2.55. The molecule has 0 spiro atoms. The number of hydrogen-bond acceptors (Lipinski definition) is 0. The minimum atomic E-state index is -6.42. The first-order valence-electron chi connectivity index (χ1n) is 3.14. The number of halogens is 10. The van der Waals surface area contributed by atoms with Gasteiger partial charge < -0.3 is 0 Å². The molecule has 0 aromatic rings. The number of hydrogen-bond donors (Lipinski definition) is 0. The van der Waals surface area contributed by atoms with Crippen LogP contribution >= 0.6 is 22.6 Å². The van der Waals surface area contributed by atoms with Gasteiger partial charge in [-0.25, -0.2) is 8.78 Å². The normalized spacial score (nSPS) is 43.6. The van der Waals surface area contributed by atoms with Crippen LogP contribution in [0.3, 0.4) is 0 Å². The molecule has 0 aliphatic heterocycles. The predicted molar refractivity (Wildman–Crippen MR) is 37.6 cm³/mol. The first kappa shape index (κ1) is 13.2. The third-order valence-electron chi connectivity index (χ3n) is 2.04. The molecule has 0 heterocycles. The molecule has 0 aromatic heterocycles. The Morgan fingerprint density at radius 3 is 1.20 bits per heavy atom. The molecule has 0 amide bonds. The van der Waals surface area contributed by atoms with Crippen LogP contribution in [0.2, 0.25) is 0 Å². The fourth-order valence-electron chi connectivity index (χ4n) is 1.12. The summed E-state index contributed by atoms with van der Waals surface area (Å²) in [6.07, 6.45) is -6.42. The Morgan fingerprint density at radius 2 is 1.07 bits per heavy atom. The molecular formula is C5F9I. The fourth-order valence-corrected chi connectivity index (χ4v) is 2.10. The highest BCUT2D eigenvalue weighted by Gasteiger charge is 3.04. The Balaban J connectivity index is 3.36. The summed E-state index contributed by atoms with van der Waals surface area (Å²) in [6, 6.07) is 0. The highest BCUT2D eigenvalue weighted by Crippen LogP contribution is 2.74. The topological polar surface area (TPSA) is 0 Å². The van der Waals surface area contributed by atoms with E-state index < -0.39 is 27.4 Å². The van der Waals surface area contributed by atoms with E-state index in [2.05, 4.69) is 0 Å². The second-order valence-electron chi connectivity index (χ2n) is 2.88. The maximum atomic E-state index is 12.7. The first-order valence-corrected chi connectivity index (χ1v) is 4.22. The van der Waals surface area contributed by atoms with Gasteiger partial charge in [-0.05, 0) is 22.6 Å². The van der Waals surface area contributed by atoms with Crippen LogP contribution in [-0.4, -0.2) is 27.4 Å². The molecule has 1 aliphatic rings. The molecular weight excluding hydrogens is 358 g/mol. The average Bonchev–Trinajstić information content (AvgIpc) is 1.98. The summed E-state index contributed by atoms with van der Waals surface area (Å²) >= 11 is -0.292. The van der Waals surface area contributed by atoms with Crippen molar-refractivity contribution >= 4 is 22.6 Å². The van der Waals surface area contributed by atoms with Gasteiger partial charge in [0.25, 0.3) is 3.68 Å². The third-order valence-corrected chi connectivity index (χ3v) is 3.47. The number of rotatable bonds is 0. The zero-order valence-corrected chi connectivity index (χ0v) is 8.44. The molecule has 2 unspecified atom stereocenters. The zero-order valence-electron chi connectivity index (χ0n) is 6.28. The van der Waals surface area contributed by atoms with Crippen LogP contribution < -0.4 is 0 Å². The molecule has 0 nitrogen and oxygen atoms in total. The van der Waals surface area contributed by atoms with Crippen molar-refractivity contribution in [2.45, 2.75) is 27.4 Å². The largest absolute Gasteiger partial charge is 0.433 e. The van der Waals surface area contributed by atoms with Crippen molar-refractivity contribution in [1.29, 1.82) is 0 Å². The van der Waals surface area contributed by atoms with Crippen LogP contribution in [0.1, 0.15) is 0 Å². The Hall–Kier alpha value is 0.1000. The van der Waals surface area contributed by atoms with Crippen LogP contribution in [0.5, 0.6) is 0 Å². The van der Waals surface area contributed by atoms with E-state index in [-0.39, 0.29) is 22.6 Å². The monoisotopic (exact) mass is 358 g/mol. The van der Waals surface area contributed by atoms with Crippen LogP contribution in [-0.2, 0) is 0 Å². The summed E-state index contributed by atoms with van der Waals surface area (Å²) in [4.78, 5) is 0. The van der Waals surface area contributed by atoms with Gasteiger partial charge in [-0.1, -0.05) is 0 Å². The van der Waals surface area contributed by atoms with Gasteiger partial charge in [-0.3, -0.25) is 0 Å². The highest BCUT2D eigenvalue weighted by molar-refractivity contribution is 14.1. The Morgan fingerprint density at radius 1 is 0.733 bits per heavy atom. The number of alkyl halides is 10. The molecule has 15 heavy (non-hydrogen) atoms. The van der Waals surface area contributed by atoms with Gasteiger partial charge in [0.15, 0.2) is 0 Å². The van der Waals surface area contributed by atoms with E-state index >= 15 is 0 Å². The Kier molecular flexibility index (Phi) is 2.34. The smallest absolute Gasteiger partial charge is 0.222 e. The maximum absolute atomic E-state index is 12.7. The van der Waals surface area contributed by atoms with Crippen molar-refractivity contribution in [3.8, 4) is 0 Å². The van der Waals surface area contributed by atoms with E-state index in [9.17, 15) is 39.5 Å². The van der Waals surface area contributed by atoms with Crippen molar-refractivity contribution in [2.24, 2.45) is 0 Å².